The van der Waals surface area contributed by atoms with Crippen molar-refractivity contribution < 1.29 is 4.74 Å². The summed E-state index contributed by atoms with van der Waals surface area (Å²) in [6.45, 7) is 4.01. The molecule has 0 unspecified atom stereocenters. The summed E-state index contributed by atoms with van der Waals surface area (Å²) in [6.07, 6.45) is 1.99. The predicted octanol–water partition coefficient (Wildman–Crippen LogP) is 6.39. The molecule has 0 atom stereocenters. The fraction of sp³-hybridized carbons (Fsp3) is 0.259. The van der Waals surface area contributed by atoms with Crippen molar-refractivity contribution in [3.05, 3.63) is 102 Å². The molecule has 2 heteroatoms. The third-order valence-corrected chi connectivity index (χ3v) is 5.00. The van der Waals surface area contributed by atoms with Gasteiger partial charge in [-0.1, -0.05) is 79.7 Å². The van der Waals surface area contributed by atoms with E-state index in [9.17, 15) is 0 Å². The molecule has 3 aromatic rings. The molecule has 0 N–H and O–H groups in total. The van der Waals surface area contributed by atoms with Crippen LogP contribution >= 0.6 is 0 Å². The molecule has 0 radical (unpaired) electrons. The number of hydrogen-bond donors (Lipinski definition) is 0. The Bertz CT molecular complexity index is 896. The van der Waals surface area contributed by atoms with Crippen molar-refractivity contribution in [2.45, 2.75) is 19.8 Å². The van der Waals surface area contributed by atoms with Crippen LogP contribution in [0.5, 0.6) is 5.75 Å². The maximum atomic E-state index is 5.93. The molecule has 0 saturated carbocycles. The molecule has 0 spiro atoms. The lowest BCUT2D eigenvalue weighted by atomic mass is 9.88. The number of ether oxygens (including phenoxy) is 1. The molecule has 0 aliphatic heterocycles. The number of benzene rings is 3. The van der Waals surface area contributed by atoms with Crippen molar-refractivity contribution in [3.8, 4) is 5.75 Å². The molecule has 0 amide bonds. The third-order valence-electron chi connectivity index (χ3n) is 5.00. The molecular weight excluding hydrogens is 354 g/mol. The molecule has 0 aliphatic carbocycles. The monoisotopic (exact) mass is 385 g/mol. The average molecular weight is 386 g/mol. The van der Waals surface area contributed by atoms with Gasteiger partial charge in [0.15, 0.2) is 0 Å². The quantitative estimate of drug-likeness (QED) is 0.313. The van der Waals surface area contributed by atoms with Gasteiger partial charge >= 0.3 is 0 Å². The molecule has 29 heavy (non-hydrogen) atoms. The van der Waals surface area contributed by atoms with E-state index >= 15 is 0 Å². The van der Waals surface area contributed by atoms with Crippen LogP contribution in [0.1, 0.15) is 36.5 Å². The second-order valence-electron chi connectivity index (χ2n) is 7.47. The third kappa shape index (κ3) is 5.82. The Morgan fingerprint density at radius 2 is 1.28 bits per heavy atom. The normalized spacial score (nSPS) is 12.0. The van der Waals surface area contributed by atoms with Crippen LogP contribution in [0.2, 0.25) is 0 Å². The molecule has 0 bridgehead atoms. The minimum atomic E-state index is 0.739. The summed E-state index contributed by atoms with van der Waals surface area (Å²) in [5.74, 6) is 0.928. The van der Waals surface area contributed by atoms with E-state index < -0.39 is 0 Å². The van der Waals surface area contributed by atoms with Crippen molar-refractivity contribution in [3.63, 3.8) is 0 Å². The summed E-state index contributed by atoms with van der Waals surface area (Å²) >= 11 is 0. The summed E-state index contributed by atoms with van der Waals surface area (Å²) < 4.78 is 5.93. The molecule has 3 rings (SSSR count). The van der Waals surface area contributed by atoms with E-state index in [0.29, 0.717) is 0 Å². The largest absolute Gasteiger partial charge is 0.494 e. The van der Waals surface area contributed by atoms with Gasteiger partial charge in [-0.05, 0) is 66.9 Å². The number of rotatable bonds is 9. The lowest BCUT2D eigenvalue weighted by Crippen LogP contribution is -2.15. The van der Waals surface area contributed by atoms with E-state index in [4.69, 9.17) is 4.74 Å². The minimum Gasteiger partial charge on any atom is -0.494 e. The zero-order valence-electron chi connectivity index (χ0n) is 17.8. The van der Waals surface area contributed by atoms with Gasteiger partial charge < -0.3 is 9.64 Å². The summed E-state index contributed by atoms with van der Waals surface area (Å²) in [7, 11) is 4.18. The second-order valence-corrected chi connectivity index (χ2v) is 7.47. The Balaban J connectivity index is 1.92. The van der Waals surface area contributed by atoms with Crippen LogP contribution in [0.25, 0.3) is 11.1 Å². The topological polar surface area (TPSA) is 12.5 Å². The van der Waals surface area contributed by atoms with Crippen molar-refractivity contribution in [1.82, 2.24) is 4.90 Å². The van der Waals surface area contributed by atoms with Crippen LogP contribution in [-0.2, 0) is 0 Å². The Morgan fingerprint density at radius 1 is 0.724 bits per heavy atom. The van der Waals surface area contributed by atoms with Gasteiger partial charge in [0.1, 0.15) is 5.75 Å². The predicted molar refractivity (Wildman–Crippen MR) is 124 cm³/mol. The first-order valence-corrected chi connectivity index (χ1v) is 10.4. The Hall–Kier alpha value is -2.84. The van der Waals surface area contributed by atoms with Crippen molar-refractivity contribution in [1.29, 1.82) is 0 Å². The van der Waals surface area contributed by atoms with Crippen molar-refractivity contribution in [2.75, 3.05) is 27.2 Å². The van der Waals surface area contributed by atoms with Gasteiger partial charge in [0.05, 0.1) is 6.61 Å². The number of hydrogen-bond acceptors (Lipinski definition) is 2. The number of allylic oxidation sites excluding steroid dienone is 1. The maximum absolute atomic E-state index is 5.93. The molecule has 2 nitrogen and oxygen atoms in total. The maximum Gasteiger partial charge on any atom is 0.119 e. The molecule has 0 saturated heterocycles. The molecule has 150 valence electrons. The second kappa shape index (κ2) is 10.6. The van der Waals surface area contributed by atoms with Crippen LogP contribution < -0.4 is 4.74 Å². The zero-order chi connectivity index (χ0) is 20.5. The van der Waals surface area contributed by atoms with Crippen molar-refractivity contribution >= 4 is 11.1 Å². The van der Waals surface area contributed by atoms with E-state index in [2.05, 4.69) is 111 Å². The fourth-order valence-corrected chi connectivity index (χ4v) is 3.57. The summed E-state index contributed by atoms with van der Waals surface area (Å²) in [5.41, 5.74) is 6.39. The molecule has 0 aliphatic rings. The summed E-state index contributed by atoms with van der Waals surface area (Å²) in [5, 5.41) is 0. The highest BCUT2D eigenvalue weighted by molar-refractivity contribution is 5.98. The zero-order valence-corrected chi connectivity index (χ0v) is 17.8. The van der Waals surface area contributed by atoms with E-state index in [-0.39, 0.29) is 0 Å². The van der Waals surface area contributed by atoms with Gasteiger partial charge in [0.25, 0.3) is 0 Å². The highest BCUT2D eigenvalue weighted by Gasteiger charge is 2.13. The Labute approximate surface area is 175 Å². The lowest BCUT2D eigenvalue weighted by Gasteiger charge is -2.17. The Kier molecular flexibility index (Phi) is 7.66. The molecule has 0 fully saturated rings. The molecule has 3 aromatic carbocycles. The Morgan fingerprint density at radius 3 is 1.83 bits per heavy atom. The standard InChI is InChI=1S/C27H31NO/c1-4-26(22-12-7-5-8-13-22)27(23-14-9-6-10-15-23)24-16-18-25(19-17-24)29-21-11-20-28(2)3/h5-10,12-19H,4,11,20-21H2,1-3H3/b27-26+. The molecular formula is C27H31NO. The van der Waals surface area contributed by atoms with E-state index in [0.717, 1.165) is 31.7 Å². The van der Waals surface area contributed by atoms with Gasteiger partial charge in [-0.2, -0.15) is 0 Å². The first kappa shape index (κ1) is 20.9. The average Bonchev–Trinajstić information content (AvgIpc) is 2.76. The molecule has 0 aromatic heterocycles. The van der Waals surface area contributed by atoms with E-state index in [1.165, 1.54) is 27.8 Å². The van der Waals surface area contributed by atoms with Gasteiger partial charge in [-0.15, -0.1) is 0 Å². The van der Waals surface area contributed by atoms with E-state index in [1.54, 1.807) is 0 Å². The lowest BCUT2D eigenvalue weighted by molar-refractivity contribution is 0.281. The highest BCUT2D eigenvalue weighted by Crippen LogP contribution is 2.34. The van der Waals surface area contributed by atoms with Crippen LogP contribution in [-0.4, -0.2) is 32.1 Å². The van der Waals surface area contributed by atoms with Gasteiger partial charge in [0, 0.05) is 6.54 Å². The van der Waals surface area contributed by atoms with Crippen LogP contribution in [0.4, 0.5) is 0 Å². The number of nitrogens with zero attached hydrogens (tertiary/aromatic N) is 1. The SMILES string of the molecule is CC/C(=C(/c1ccccc1)c1ccc(OCCCN(C)C)cc1)c1ccccc1. The summed E-state index contributed by atoms with van der Waals surface area (Å²) in [6, 6.07) is 29.9. The van der Waals surface area contributed by atoms with E-state index in [1.807, 2.05) is 0 Å². The van der Waals surface area contributed by atoms with Gasteiger partial charge in [-0.25, -0.2) is 0 Å². The highest BCUT2D eigenvalue weighted by atomic mass is 16.5. The fourth-order valence-electron chi connectivity index (χ4n) is 3.57. The first-order chi connectivity index (χ1) is 14.2. The summed E-state index contributed by atoms with van der Waals surface area (Å²) in [4.78, 5) is 2.18. The smallest absolute Gasteiger partial charge is 0.119 e. The van der Waals surface area contributed by atoms with Crippen LogP contribution in [0, 0.1) is 0 Å². The van der Waals surface area contributed by atoms with Crippen LogP contribution in [0.15, 0.2) is 84.9 Å². The van der Waals surface area contributed by atoms with Gasteiger partial charge in [0.2, 0.25) is 0 Å². The van der Waals surface area contributed by atoms with Crippen molar-refractivity contribution in [2.24, 2.45) is 0 Å². The van der Waals surface area contributed by atoms with Crippen LogP contribution in [0.3, 0.4) is 0 Å². The van der Waals surface area contributed by atoms with Gasteiger partial charge in [-0.3, -0.25) is 0 Å². The molecule has 0 heterocycles. The first-order valence-electron chi connectivity index (χ1n) is 10.4. The minimum absolute atomic E-state index is 0.739.